The summed E-state index contributed by atoms with van der Waals surface area (Å²) in [6, 6.07) is 14.1. The van der Waals surface area contributed by atoms with Gasteiger partial charge in [-0.2, -0.15) is 0 Å². The molecule has 4 heteroatoms. The van der Waals surface area contributed by atoms with Crippen molar-refractivity contribution >= 4 is 46.0 Å². The molecular formula is C18H10IO3-. The third-order valence-corrected chi connectivity index (χ3v) is 4.13. The summed E-state index contributed by atoms with van der Waals surface area (Å²) in [6.45, 7) is 0. The Morgan fingerprint density at radius 1 is 1.00 bits per heavy atom. The van der Waals surface area contributed by atoms with Crippen LogP contribution in [0.25, 0.3) is 11.8 Å². The molecule has 0 fully saturated rings. The van der Waals surface area contributed by atoms with E-state index in [2.05, 4.69) is 22.6 Å². The van der Waals surface area contributed by atoms with Crippen LogP contribution in [0.15, 0.2) is 60.2 Å². The second kappa shape index (κ2) is 5.88. The van der Waals surface area contributed by atoms with Gasteiger partial charge in [-0.1, -0.05) is 48.2 Å². The van der Waals surface area contributed by atoms with E-state index in [-0.39, 0.29) is 5.57 Å². The molecule has 0 spiro atoms. The molecule has 1 aliphatic carbocycles. The van der Waals surface area contributed by atoms with Crippen molar-refractivity contribution in [3.63, 3.8) is 0 Å². The Bertz CT molecular complexity index is 830. The SMILES string of the molecule is O=C(C=Cc1ccc(I)cc1)C1=C([O-])c2ccccc2C1=O. The van der Waals surface area contributed by atoms with Gasteiger partial charge >= 0.3 is 0 Å². The van der Waals surface area contributed by atoms with Crippen molar-refractivity contribution in [1.29, 1.82) is 0 Å². The van der Waals surface area contributed by atoms with Gasteiger partial charge in [0.05, 0.1) is 5.57 Å². The Morgan fingerprint density at radius 2 is 1.64 bits per heavy atom. The number of hydrogen-bond acceptors (Lipinski definition) is 3. The molecule has 0 saturated carbocycles. The Labute approximate surface area is 141 Å². The summed E-state index contributed by atoms with van der Waals surface area (Å²) in [6.07, 6.45) is 2.88. The van der Waals surface area contributed by atoms with Crippen LogP contribution in [-0.2, 0) is 4.79 Å². The topological polar surface area (TPSA) is 57.2 Å². The Balaban J connectivity index is 1.89. The molecule has 0 heterocycles. The maximum Gasteiger partial charge on any atom is 0.196 e. The van der Waals surface area contributed by atoms with Crippen molar-refractivity contribution in [2.45, 2.75) is 0 Å². The zero-order valence-electron chi connectivity index (χ0n) is 11.4. The molecule has 0 amide bonds. The largest absolute Gasteiger partial charge is 0.871 e. The molecule has 0 bridgehead atoms. The summed E-state index contributed by atoms with van der Waals surface area (Å²) in [5.74, 6) is -1.53. The lowest BCUT2D eigenvalue weighted by molar-refractivity contribution is -0.244. The maximum absolute atomic E-state index is 12.2. The number of hydrogen-bond donors (Lipinski definition) is 0. The van der Waals surface area contributed by atoms with Gasteiger partial charge in [-0.25, -0.2) is 0 Å². The summed E-state index contributed by atoms with van der Waals surface area (Å²) in [5.41, 5.74) is 1.17. The highest BCUT2D eigenvalue weighted by molar-refractivity contribution is 14.1. The fraction of sp³-hybridized carbons (Fsp3) is 0. The second-order valence-corrected chi connectivity index (χ2v) is 6.07. The number of carbonyl (C=O) groups is 2. The first-order chi connectivity index (χ1) is 10.6. The molecule has 22 heavy (non-hydrogen) atoms. The zero-order valence-corrected chi connectivity index (χ0v) is 13.5. The molecular weight excluding hydrogens is 391 g/mol. The van der Waals surface area contributed by atoms with Gasteiger partial charge in [0.15, 0.2) is 11.6 Å². The van der Waals surface area contributed by atoms with Crippen LogP contribution in [0.3, 0.4) is 0 Å². The average molecular weight is 401 g/mol. The number of fused-ring (bicyclic) bond motifs is 1. The van der Waals surface area contributed by atoms with Gasteiger partial charge in [0.1, 0.15) is 0 Å². The smallest absolute Gasteiger partial charge is 0.196 e. The van der Waals surface area contributed by atoms with E-state index >= 15 is 0 Å². The number of rotatable bonds is 3. The first-order valence-corrected chi connectivity index (χ1v) is 7.69. The minimum Gasteiger partial charge on any atom is -0.871 e. The second-order valence-electron chi connectivity index (χ2n) is 4.83. The third kappa shape index (κ3) is 2.62. The van der Waals surface area contributed by atoms with Gasteiger partial charge in [0.25, 0.3) is 0 Å². The van der Waals surface area contributed by atoms with Gasteiger partial charge < -0.3 is 5.11 Å². The predicted octanol–water partition coefficient (Wildman–Crippen LogP) is 2.84. The highest BCUT2D eigenvalue weighted by atomic mass is 127. The number of benzene rings is 2. The van der Waals surface area contributed by atoms with Crippen LogP contribution in [0.4, 0.5) is 0 Å². The van der Waals surface area contributed by atoms with Crippen LogP contribution in [0.2, 0.25) is 0 Å². The molecule has 3 nitrogen and oxygen atoms in total. The van der Waals surface area contributed by atoms with E-state index in [0.29, 0.717) is 11.1 Å². The van der Waals surface area contributed by atoms with Crippen LogP contribution >= 0.6 is 22.6 Å². The van der Waals surface area contributed by atoms with E-state index in [1.54, 1.807) is 30.3 Å². The lowest BCUT2D eigenvalue weighted by atomic mass is 10.1. The molecule has 0 unspecified atom stereocenters. The molecule has 108 valence electrons. The number of allylic oxidation sites excluding steroid dienone is 2. The first-order valence-electron chi connectivity index (χ1n) is 6.61. The van der Waals surface area contributed by atoms with E-state index in [1.807, 2.05) is 24.3 Å². The molecule has 0 aromatic heterocycles. The summed E-state index contributed by atoms with van der Waals surface area (Å²) in [5, 5.41) is 12.2. The van der Waals surface area contributed by atoms with E-state index in [9.17, 15) is 14.7 Å². The van der Waals surface area contributed by atoms with Crippen molar-refractivity contribution in [3.05, 3.63) is 80.4 Å². The Morgan fingerprint density at radius 3 is 2.27 bits per heavy atom. The summed E-state index contributed by atoms with van der Waals surface area (Å²) in [7, 11) is 0. The fourth-order valence-corrected chi connectivity index (χ4v) is 2.66. The molecule has 0 saturated heterocycles. The van der Waals surface area contributed by atoms with Crippen molar-refractivity contribution in [2.24, 2.45) is 0 Å². The van der Waals surface area contributed by atoms with Crippen molar-refractivity contribution in [3.8, 4) is 0 Å². The third-order valence-electron chi connectivity index (χ3n) is 3.41. The lowest BCUT2D eigenvalue weighted by Crippen LogP contribution is -2.11. The fourth-order valence-electron chi connectivity index (χ4n) is 2.30. The normalized spacial score (nSPS) is 13.8. The number of carbonyl (C=O) groups excluding carboxylic acids is 2. The highest BCUT2D eigenvalue weighted by Crippen LogP contribution is 2.29. The predicted molar refractivity (Wildman–Crippen MR) is 90.9 cm³/mol. The standard InChI is InChI=1S/C18H11IO3/c19-12-8-5-11(6-9-12)7-10-15(20)16-17(21)13-3-1-2-4-14(13)18(16)22/h1-10,21H/p-1. The maximum atomic E-state index is 12.2. The molecule has 2 aromatic rings. The van der Waals surface area contributed by atoms with E-state index < -0.39 is 17.3 Å². The summed E-state index contributed by atoms with van der Waals surface area (Å²) >= 11 is 2.19. The van der Waals surface area contributed by atoms with Gasteiger partial charge in [-0.15, -0.1) is 0 Å². The molecule has 1 aliphatic rings. The molecule has 0 aliphatic heterocycles. The Kier molecular flexibility index (Phi) is 3.94. The lowest BCUT2D eigenvalue weighted by Gasteiger charge is -2.09. The van der Waals surface area contributed by atoms with Gasteiger partial charge in [-0.3, -0.25) is 9.59 Å². The van der Waals surface area contributed by atoms with Crippen LogP contribution in [0, 0.1) is 3.57 Å². The van der Waals surface area contributed by atoms with E-state index in [0.717, 1.165) is 9.13 Å². The van der Waals surface area contributed by atoms with Crippen LogP contribution < -0.4 is 5.11 Å². The number of Topliss-reactive ketones (excluding diaryl/α,β-unsaturated/α-hetero) is 1. The minimum absolute atomic E-state index is 0.275. The molecule has 0 radical (unpaired) electrons. The van der Waals surface area contributed by atoms with E-state index in [1.165, 1.54) is 6.08 Å². The van der Waals surface area contributed by atoms with E-state index in [4.69, 9.17) is 0 Å². The van der Waals surface area contributed by atoms with Crippen molar-refractivity contribution in [2.75, 3.05) is 0 Å². The van der Waals surface area contributed by atoms with Crippen LogP contribution in [0.5, 0.6) is 0 Å². The highest BCUT2D eigenvalue weighted by Gasteiger charge is 2.27. The molecule has 2 aromatic carbocycles. The molecule has 0 N–H and O–H groups in total. The van der Waals surface area contributed by atoms with Gasteiger partial charge in [0, 0.05) is 9.13 Å². The Hall–Kier alpha value is -2.21. The minimum atomic E-state index is -0.551. The number of ketones is 2. The van der Waals surface area contributed by atoms with Crippen LogP contribution in [-0.4, -0.2) is 11.6 Å². The number of halogens is 1. The van der Waals surface area contributed by atoms with Gasteiger partial charge in [-0.05, 0) is 51.9 Å². The van der Waals surface area contributed by atoms with Gasteiger partial charge in [0.2, 0.25) is 0 Å². The molecule has 0 atom stereocenters. The van der Waals surface area contributed by atoms with Crippen molar-refractivity contribution in [1.82, 2.24) is 0 Å². The monoisotopic (exact) mass is 401 g/mol. The van der Waals surface area contributed by atoms with Crippen LogP contribution in [0.1, 0.15) is 21.5 Å². The quantitative estimate of drug-likeness (QED) is 0.452. The first kappa shape index (κ1) is 14.7. The van der Waals surface area contributed by atoms with Crippen molar-refractivity contribution < 1.29 is 14.7 Å². The summed E-state index contributed by atoms with van der Waals surface area (Å²) in [4.78, 5) is 24.4. The zero-order chi connectivity index (χ0) is 15.7. The summed E-state index contributed by atoms with van der Waals surface area (Å²) < 4.78 is 1.09. The average Bonchev–Trinajstić information content (AvgIpc) is 2.79. The molecule has 3 rings (SSSR count).